The van der Waals surface area contributed by atoms with Gasteiger partial charge in [0.15, 0.2) is 5.75 Å². The molecule has 148 valence electrons. The molecule has 1 saturated heterocycles. The predicted octanol–water partition coefficient (Wildman–Crippen LogP) is 4.48. The third kappa shape index (κ3) is 2.52. The van der Waals surface area contributed by atoms with Gasteiger partial charge in [0.1, 0.15) is 5.75 Å². The van der Waals surface area contributed by atoms with E-state index in [9.17, 15) is 25.0 Å². The van der Waals surface area contributed by atoms with Crippen LogP contribution in [-0.2, 0) is 4.79 Å². The van der Waals surface area contributed by atoms with Gasteiger partial charge in [-0.3, -0.25) is 29.9 Å². The number of carbonyl (C=O) groups excluding carboxylic acids is 1. The molecule has 2 atom stereocenters. The molecule has 0 aromatic heterocycles. The highest BCUT2D eigenvalue weighted by Gasteiger charge is 2.53. The highest BCUT2D eigenvalue weighted by molar-refractivity contribution is 6.08. The van der Waals surface area contributed by atoms with Gasteiger partial charge in [-0.2, -0.15) is 0 Å². The fraction of sp³-hybridized carbons (Fsp3) is 0.0952. The van der Waals surface area contributed by atoms with E-state index in [1.807, 2.05) is 0 Å². The Kier molecular flexibility index (Phi) is 3.78. The lowest BCUT2D eigenvalue weighted by molar-refractivity contribution is -0.385. The van der Waals surface area contributed by atoms with Gasteiger partial charge in [-0.25, -0.2) is 0 Å². The summed E-state index contributed by atoms with van der Waals surface area (Å²) in [6.07, 6.45) is 0. The molecule has 2 aliphatic heterocycles. The third-order valence-electron chi connectivity index (χ3n) is 5.43. The molecule has 2 aliphatic rings. The average Bonchev–Trinajstić information content (AvgIpc) is 2.85. The van der Waals surface area contributed by atoms with Gasteiger partial charge in [-0.15, -0.1) is 0 Å². The van der Waals surface area contributed by atoms with E-state index in [-0.39, 0.29) is 17.3 Å². The largest absolute Gasteiger partial charge is 0.455 e. The molecule has 0 unspecified atom stereocenters. The van der Waals surface area contributed by atoms with E-state index in [0.29, 0.717) is 28.3 Å². The number of anilines is 1. The molecule has 0 bridgehead atoms. The number of non-ortho nitro benzene ring substituents is 2. The van der Waals surface area contributed by atoms with Crippen LogP contribution >= 0.6 is 0 Å². The minimum Gasteiger partial charge on any atom is -0.455 e. The molecule has 0 saturated carbocycles. The predicted molar refractivity (Wildman–Crippen MR) is 106 cm³/mol. The number of benzene rings is 3. The van der Waals surface area contributed by atoms with Crippen molar-refractivity contribution in [3.05, 3.63) is 98.1 Å². The molecular weight excluding hydrogens is 390 g/mol. The Morgan fingerprint density at radius 2 is 1.50 bits per heavy atom. The zero-order valence-corrected chi connectivity index (χ0v) is 15.3. The van der Waals surface area contributed by atoms with Crippen molar-refractivity contribution >= 4 is 23.0 Å². The summed E-state index contributed by atoms with van der Waals surface area (Å²) < 4.78 is 6.00. The summed E-state index contributed by atoms with van der Waals surface area (Å²) in [5, 5.41) is 22.3. The van der Waals surface area contributed by atoms with Crippen LogP contribution in [0.15, 0.2) is 66.7 Å². The molecule has 3 aromatic carbocycles. The number of β-lactam (4-membered cyclic amide) rings is 1. The van der Waals surface area contributed by atoms with Crippen LogP contribution < -0.4 is 9.64 Å². The van der Waals surface area contributed by atoms with E-state index in [0.717, 1.165) is 0 Å². The number of nitrogens with zero attached hydrogens (tertiary/aromatic N) is 3. The normalized spacial score (nSPS) is 18.8. The van der Waals surface area contributed by atoms with Gasteiger partial charge in [-0.1, -0.05) is 24.3 Å². The van der Waals surface area contributed by atoms with Crippen molar-refractivity contribution in [3.8, 4) is 11.5 Å². The van der Waals surface area contributed by atoms with Gasteiger partial charge in [0.25, 0.3) is 11.4 Å². The van der Waals surface area contributed by atoms with Crippen LogP contribution in [0.5, 0.6) is 11.5 Å². The van der Waals surface area contributed by atoms with Crippen molar-refractivity contribution < 1.29 is 19.4 Å². The molecule has 9 heteroatoms. The molecule has 5 rings (SSSR count). The van der Waals surface area contributed by atoms with Crippen molar-refractivity contribution in [1.82, 2.24) is 0 Å². The Morgan fingerprint density at radius 1 is 0.833 bits per heavy atom. The summed E-state index contributed by atoms with van der Waals surface area (Å²) in [7, 11) is 0. The summed E-state index contributed by atoms with van der Waals surface area (Å²) in [6, 6.07) is 16.6. The quantitative estimate of drug-likeness (QED) is 0.362. The fourth-order valence-corrected chi connectivity index (χ4v) is 4.04. The van der Waals surface area contributed by atoms with Crippen LogP contribution in [0.1, 0.15) is 23.1 Å². The summed E-state index contributed by atoms with van der Waals surface area (Å²) in [5.74, 6) is 0.0659. The molecule has 0 N–H and O–H groups in total. The Bertz CT molecular complexity index is 1220. The summed E-state index contributed by atoms with van der Waals surface area (Å²) in [5.41, 5.74) is 1.51. The Hall–Kier alpha value is -4.27. The van der Waals surface area contributed by atoms with Gasteiger partial charge in [0, 0.05) is 29.8 Å². The molecular formula is C21H13N3O6. The van der Waals surface area contributed by atoms with E-state index in [1.165, 1.54) is 30.3 Å². The van der Waals surface area contributed by atoms with E-state index in [2.05, 4.69) is 0 Å². The number of nitro benzene ring substituents is 2. The van der Waals surface area contributed by atoms with Gasteiger partial charge in [-0.05, 0) is 23.8 Å². The number of ether oxygens (including phenoxy) is 1. The molecule has 0 radical (unpaired) electrons. The molecule has 0 aliphatic carbocycles. The van der Waals surface area contributed by atoms with Crippen molar-refractivity contribution in [2.24, 2.45) is 0 Å². The smallest absolute Gasteiger partial charge is 0.270 e. The zero-order chi connectivity index (χ0) is 21.0. The third-order valence-corrected chi connectivity index (χ3v) is 5.43. The van der Waals surface area contributed by atoms with Gasteiger partial charge in [0.2, 0.25) is 5.91 Å². The second-order valence-corrected chi connectivity index (χ2v) is 7.03. The molecule has 0 spiro atoms. The van der Waals surface area contributed by atoms with Crippen LogP contribution in [0.4, 0.5) is 17.1 Å². The molecule has 9 nitrogen and oxygen atoms in total. The first-order valence-electron chi connectivity index (χ1n) is 9.08. The topological polar surface area (TPSA) is 116 Å². The number of fused-ring (bicyclic) bond motifs is 5. The van der Waals surface area contributed by atoms with E-state index in [1.54, 1.807) is 41.3 Å². The number of para-hydroxylation sites is 2. The Morgan fingerprint density at radius 3 is 2.20 bits per heavy atom. The van der Waals surface area contributed by atoms with Crippen LogP contribution in [0.2, 0.25) is 0 Å². The number of hydrogen-bond donors (Lipinski definition) is 0. The highest BCUT2D eigenvalue weighted by atomic mass is 16.6. The Labute approximate surface area is 169 Å². The standard InChI is InChI=1S/C21H13N3O6/c25-21-19(12-5-7-13(8-6-12)23(26)27)20-15-11-14(24(28)29)9-10-17(15)30-18-4-2-1-3-16(18)22(20)21/h1-11,19-20H/t19-,20-/m0/s1. The van der Waals surface area contributed by atoms with Crippen LogP contribution in [0, 0.1) is 20.2 Å². The molecule has 1 fully saturated rings. The number of nitro groups is 2. The number of amides is 1. The van der Waals surface area contributed by atoms with Gasteiger partial charge < -0.3 is 4.74 Å². The maximum absolute atomic E-state index is 13.2. The van der Waals surface area contributed by atoms with Crippen LogP contribution in [0.3, 0.4) is 0 Å². The molecule has 1 amide bonds. The zero-order valence-electron chi connectivity index (χ0n) is 15.3. The van der Waals surface area contributed by atoms with Crippen LogP contribution in [0.25, 0.3) is 0 Å². The van der Waals surface area contributed by atoms with Gasteiger partial charge in [0.05, 0.1) is 27.5 Å². The lowest BCUT2D eigenvalue weighted by Crippen LogP contribution is -2.53. The summed E-state index contributed by atoms with van der Waals surface area (Å²) in [6.45, 7) is 0. The van der Waals surface area contributed by atoms with Crippen molar-refractivity contribution in [1.29, 1.82) is 0 Å². The van der Waals surface area contributed by atoms with Crippen molar-refractivity contribution in [3.63, 3.8) is 0 Å². The molecule has 30 heavy (non-hydrogen) atoms. The first kappa shape index (κ1) is 17.8. The summed E-state index contributed by atoms with van der Waals surface area (Å²) >= 11 is 0. The first-order chi connectivity index (χ1) is 14.5. The van der Waals surface area contributed by atoms with Crippen LogP contribution in [-0.4, -0.2) is 15.8 Å². The number of rotatable bonds is 3. The van der Waals surface area contributed by atoms with E-state index < -0.39 is 21.8 Å². The van der Waals surface area contributed by atoms with Crippen molar-refractivity contribution in [2.45, 2.75) is 12.0 Å². The summed E-state index contributed by atoms with van der Waals surface area (Å²) in [4.78, 5) is 36.0. The highest BCUT2D eigenvalue weighted by Crippen LogP contribution is 2.56. The second-order valence-electron chi connectivity index (χ2n) is 7.03. The number of carbonyl (C=O) groups is 1. The first-order valence-corrected chi connectivity index (χ1v) is 9.08. The maximum Gasteiger partial charge on any atom is 0.270 e. The van der Waals surface area contributed by atoms with Crippen molar-refractivity contribution in [2.75, 3.05) is 4.90 Å². The average molecular weight is 403 g/mol. The fourth-order valence-electron chi connectivity index (χ4n) is 4.04. The maximum atomic E-state index is 13.2. The lowest BCUT2D eigenvalue weighted by atomic mass is 9.77. The second kappa shape index (κ2) is 6.38. The molecule has 3 aromatic rings. The number of hydrogen-bond acceptors (Lipinski definition) is 6. The minimum atomic E-state index is -0.638. The minimum absolute atomic E-state index is 0.0760. The molecule has 2 heterocycles. The lowest BCUT2D eigenvalue weighted by Gasteiger charge is -2.46. The van der Waals surface area contributed by atoms with E-state index in [4.69, 9.17) is 4.74 Å². The SMILES string of the molecule is O=C1[C@@H](c2ccc([N+](=O)[O-])cc2)[C@@H]2c3cc([N+](=O)[O-])ccc3Oc3ccccc3N12. The Balaban J connectivity index is 1.67. The van der Waals surface area contributed by atoms with Gasteiger partial charge >= 0.3 is 0 Å². The van der Waals surface area contributed by atoms with E-state index >= 15 is 0 Å². The monoisotopic (exact) mass is 403 g/mol.